The number of hydrogen-bond acceptors (Lipinski definition) is 2. The van der Waals surface area contributed by atoms with Gasteiger partial charge in [0.05, 0.1) is 10.7 Å². The van der Waals surface area contributed by atoms with Gasteiger partial charge < -0.3 is 10.6 Å². The van der Waals surface area contributed by atoms with Crippen molar-refractivity contribution in [2.75, 3.05) is 11.9 Å². The first-order chi connectivity index (χ1) is 9.97. The SMILES string of the molecule is Cc1ccc(NC(=O)NCCc2csc(C)c2C)c(Cl)c1. The highest BCUT2D eigenvalue weighted by molar-refractivity contribution is 7.10. The normalized spacial score (nSPS) is 10.5. The topological polar surface area (TPSA) is 41.1 Å². The lowest BCUT2D eigenvalue weighted by Crippen LogP contribution is -2.30. The van der Waals surface area contributed by atoms with Crippen molar-refractivity contribution in [3.63, 3.8) is 0 Å². The van der Waals surface area contributed by atoms with E-state index in [2.05, 4.69) is 29.9 Å². The summed E-state index contributed by atoms with van der Waals surface area (Å²) in [4.78, 5) is 13.2. The minimum absolute atomic E-state index is 0.231. The molecule has 2 aromatic rings. The summed E-state index contributed by atoms with van der Waals surface area (Å²) in [6, 6.07) is 5.32. The molecule has 3 nitrogen and oxygen atoms in total. The fraction of sp³-hybridized carbons (Fsp3) is 0.312. The Morgan fingerprint density at radius 3 is 2.67 bits per heavy atom. The van der Waals surface area contributed by atoms with E-state index in [0.29, 0.717) is 17.3 Å². The molecule has 0 fully saturated rings. The molecule has 0 aliphatic carbocycles. The minimum atomic E-state index is -0.231. The molecule has 5 heteroatoms. The number of rotatable bonds is 4. The lowest BCUT2D eigenvalue weighted by molar-refractivity contribution is 0.252. The second-order valence-corrected chi connectivity index (χ2v) is 6.55. The van der Waals surface area contributed by atoms with Crippen molar-refractivity contribution in [2.45, 2.75) is 27.2 Å². The summed E-state index contributed by atoms with van der Waals surface area (Å²) in [5.74, 6) is 0. The molecule has 2 amide bonds. The number of thiophene rings is 1. The number of hydrogen-bond donors (Lipinski definition) is 2. The van der Waals surface area contributed by atoms with Gasteiger partial charge in [0.2, 0.25) is 0 Å². The van der Waals surface area contributed by atoms with Crippen molar-refractivity contribution >= 4 is 34.7 Å². The Bertz CT molecular complexity index is 652. The molecule has 2 N–H and O–H groups in total. The summed E-state index contributed by atoms with van der Waals surface area (Å²) in [6.07, 6.45) is 0.839. The molecule has 0 aliphatic heterocycles. The Morgan fingerprint density at radius 1 is 1.29 bits per heavy atom. The van der Waals surface area contributed by atoms with Crippen LogP contribution in [0.3, 0.4) is 0 Å². The van der Waals surface area contributed by atoms with E-state index in [4.69, 9.17) is 11.6 Å². The molecule has 1 heterocycles. The number of amides is 2. The summed E-state index contributed by atoms with van der Waals surface area (Å²) < 4.78 is 0. The van der Waals surface area contributed by atoms with Crippen LogP contribution in [-0.2, 0) is 6.42 Å². The first-order valence-electron chi connectivity index (χ1n) is 6.82. The zero-order valence-electron chi connectivity index (χ0n) is 12.4. The summed E-state index contributed by atoms with van der Waals surface area (Å²) in [5.41, 5.74) is 4.31. The molecule has 0 spiro atoms. The molecule has 0 saturated heterocycles. The van der Waals surface area contributed by atoms with Crippen molar-refractivity contribution in [2.24, 2.45) is 0 Å². The van der Waals surface area contributed by atoms with Gasteiger partial charge in [-0.25, -0.2) is 4.79 Å². The second-order valence-electron chi connectivity index (χ2n) is 5.06. The third-order valence-electron chi connectivity index (χ3n) is 3.44. The zero-order chi connectivity index (χ0) is 15.4. The van der Waals surface area contributed by atoms with Gasteiger partial charge in [-0.3, -0.25) is 0 Å². The van der Waals surface area contributed by atoms with Gasteiger partial charge in [0.1, 0.15) is 0 Å². The van der Waals surface area contributed by atoms with Crippen LogP contribution in [0.5, 0.6) is 0 Å². The number of benzene rings is 1. The first-order valence-corrected chi connectivity index (χ1v) is 8.07. The molecule has 0 unspecified atom stereocenters. The maximum absolute atomic E-state index is 11.9. The monoisotopic (exact) mass is 322 g/mol. The van der Waals surface area contributed by atoms with Gasteiger partial charge in [-0.05, 0) is 61.4 Å². The lowest BCUT2D eigenvalue weighted by atomic mass is 10.1. The summed E-state index contributed by atoms with van der Waals surface area (Å²) in [7, 11) is 0. The molecule has 1 aromatic carbocycles. The molecule has 1 aromatic heterocycles. The van der Waals surface area contributed by atoms with Crippen LogP contribution < -0.4 is 10.6 Å². The maximum atomic E-state index is 11.9. The van der Waals surface area contributed by atoms with Gasteiger partial charge >= 0.3 is 6.03 Å². The van der Waals surface area contributed by atoms with Crippen molar-refractivity contribution in [3.05, 3.63) is 50.2 Å². The zero-order valence-corrected chi connectivity index (χ0v) is 14.0. The molecule has 0 aliphatic rings. The highest BCUT2D eigenvalue weighted by Crippen LogP contribution is 2.22. The Morgan fingerprint density at radius 2 is 2.05 bits per heavy atom. The summed E-state index contributed by atoms with van der Waals surface area (Å²) in [5, 5.41) is 8.32. The predicted molar refractivity (Wildman–Crippen MR) is 90.7 cm³/mol. The van der Waals surface area contributed by atoms with E-state index in [9.17, 15) is 4.79 Å². The highest BCUT2D eigenvalue weighted by atomic mass is 35.5. The van der Waals surface area contributed by atoms with E-state index < -0.39 is 0 Å². The van der Waals surface area contributed by atoms with Gasteiger partial charge in [-0.1, -0.05) is 17.7 Å². The van der Waals surface area contributed by atoms with Crippen LogP contribution in [0.2, 0.25) is 5.02 Å². The third-order valence-corrected chi connectivity index (χ3v) is 4.82. The molecular weight excluding hydrogens is 304 g/mol. The van der Waals surface area contributed by atoms with E-state index in [1.54, 1.807) is 11.3 Å². The van der Waals surface area contributed by atoms with Crippen molar-refractivity contribution in [1.82, 2.24) is 5.32 Å². The predicted octanol–water partition coefficient (Wildman–Crippen LogP) is 4.69. The van der Waals surface area contributed by atoms with E-state index in [1.807, 2.05) is 25.1 Å². The summed E-state index contributed by atoms with van der Waals surface area (Å²) >= 11 is 7.84. The fourth-order valence-corrected chi connectivity index (χ4v) is 3.21. The van der Waals surface area contributed by atoms with E-state index >= 15 is 0 Å². The molecule has 0 radical (unpaired) electrons. The van der Waals surface area contributed by atoms with Crippen LogP contribution in [0.15, 0.2) is 23.6 Å². The number of aryl methyl sites for hydroxylation is 2. The fourth-order valence-electron chi connectivity index (χ4n) is 2.01. The molecule has 0 atom stereocenters. The van der Waals surface area contributed by atoms with Crippen molar-refractivity contribution in [3.8, 4) is 0 Å². The van der Waals surface area contributed by atoms with Crippen LogP contribution >= 0.6 is 22.9 Å². The number of halogens is 1. The number of anilines is 1. The average molecular weight is 323 g/mol. The highest BCUT2D eigenvalue weighted by Gasteiger charge is 2.07. The number of carbonyl (C=O) groups is 1. The standard InChI is InChI=1S/C16H19ClN2OS/c1-10-4-5-15(14(17)8-10)19-16(20)18-7-6-13-9-21-12(3)11(13)2/h4-5,8-9H,6-7H2,1-3H3,(H2,18,19,20). The smallest absolute Gasteiger partial charge is 0.319 e. The van der Waals surface area contributed by atoms with Gasteiger partial charge in [-0.2, -0.15) is 0 Å². The summed E-state index contributed by atoms with van der Waals surface area (Å²) in [6.45, 7) is 6.80. The van der Waals surface area contributed by atoms with Crippen LogP contribution in [0.4, 0.5) is 10.5 Å². The van der Waals surface area contributed by atoms with Crippen LogP contribution in [0.1, 0.15) is 21.6 Å². The maximum Gasteiger partial charge on any atom is 0.319 e. The van der Waals surface area contributed by atoms with E-state index in [-0.39, 0.29) is 6.03 Å². The van der Waals surface area contributed by atoms with Crippen LogP contribution in [0, 0.1) is 20.8 Å². The van der Waals surface area contributed by atoms with Gasteiger partial charge in [0.15, 0.2) is 0 Å². The number of urea groups is 1. The third kappa shape index (κ3) is 4.22. The Kier molecular flexibility index (Phi) is 5.26. The average Bonchev–Trinajstić information content (AvgIpc) is 2.74. The van der Waals surface area contributed by atoms with E-state index in [1.165, 1.54) is 16.0 Å². The lowest BCUT2D eigenvalue weighted by Gasteiger charge is -2.09. The Labute approximate surface area is 134 Å². The van der Waals surface area contributed by atoms with E-state index in [0.717, 1.165) is 12.0 Å². The quantitative estimate of drug-likeness (QED) is 0.842. The van der Waals surface area contributed by atoms with Gasteiger partial charge in [0, 0.05) is 11.4 Å². The Hall–Kier alpha value is -1.52. The van der Waals surface area contributed by atoms with Crippen LogP contribution in [-0.4, -0.2) is 12.6 Å². The van der Waals surface area contributed by atoms with Crippen molar-refractivity contribution in [1.29, 1.82) is 0 Å². The molecule has 112 valence electrons. The second kappa shape index (κ2) is 6.96. The van der Waals surface area contributed by atoms with Gasteiger partial charge in [0.25, 0.3) is 0 Å². The molecule has 21 heavy (non-hydrogen) atoms. The molecule has 0 saturated carbocycles. The molecule has 0 bridgehead atoms. The Balaban J connectivity index is 1.84. The molecule has 2 rings (SSSR count). The largest absolute Gasteiger partial charge is 0.338 e. The number of nitrogens with one attached hydrogen (secondary N) is 2. The number of carbonyl (C=O) groups excluding carboxylic acids is 1. The van der Waals surface area contributed by atoms with Gasteiger partial charge in [-0.15, -0.1) is 11.3 Å². The van der Waals surface area contributed by atoms with Crippen molar-refractivity contribution < 1.29 is 4.79 Å². The molecular formula is C16H19ClN2OS. The minimum Gasteiger partial charge on any atom is -0.338 e. The van der Waals surface area contributed by atoms with Crippen LogP contribution in [0.25, 0.3) is 0 Å². The first kappa shape index (κ1) is 15.9.